The summed E-state index contributed by atoms with van der Waals surface area (Å²) in [6.45, 7) is 7.05. The maximum atomic E-state index is 12.9. The van der Waals surface area contributed by atoms with Gasteiger partial charge in [-0.3, -0.25) is 4.79 Å². The molecule has 0 fully saturated rings. The lowest BCUT2D eigenvalue weighted by Gasteiger charge is -2.21. The van der Waals surface area contributed by atoms with Gasteiger partial charge in [0.15, 0.2) is 0 Å². The number of carbonyl (C=O) groups is 1. The van der Waals surface area contributed by atoms with E-state index in [1.165, 1.54) is 10.5 Å². The Labute approximate surface area is 180 Å². The Hall–Kier alpha value is -2.22. The van der Waals surface area contributed by atoms with Crippen LogP contribution >= 0.6 is 0 Å². The molecule has 1 atom stereocenters. The van der Waals surface area contributed by atoms with Crippen molar-refractivity contribution in [2.24, 2.45) is 5.92 Å². The summed E-state index contributed by atoms with van der Waals surface area (Å²) < 4.78 is 28.2. The molecule has 0 unspecified atom stereocenters. The van der Waals surface area contributed by atoms with Crippen molar-refractivity contribution in [3.05, 3.63) is 65.2 Å². The van der Waals surface area contributed by atoms with E-state index in [0.29, 0.717) is 13.0 Å². The zero-order chi connectivity index (χ0) is 22.3. The van der Waals surface area contributed by atoms with Crippen LogP contribution in [0.1, 0.15) is 37.0 Å². The summed E-state index contributed by atoms with van der Waals surface area (Å²) in [4.78, 5) is 14.4. The molecule has 7 heteroatoms. The van der Waals surface area contributed by atoms with Crippen LogP contribution in [0.25, 0.3) is 0 Å². The summed E-state index contributed by atoms with van der Waals surface area (Å²) in [5.74, 6) is -0.155. The second-order valence-corrected chi connectivity index (χ2v) is 10.2. The van der Waals surface area contributed by atoms with Crippen LogP contribution in [0.15, 0.2) is 53.4 Å². The van der Waals surface area contributed by atoms with E-state index in [0.717, 1.165) is 17.7 Å². The zero-order valence-electron chi connectivity index (χ0n) is 18.5. The number of aryl methyl sites for hydroxylation is 1. The van der Waals surface area contributed by atoms with Gasteiger partial charge >= 0.3 is 0 Å². The van der Waals surface area contributed by atoms with E-state index in [1.54, 1.807) is 24.3 Å². The van der Waals surface area contributed by atoms with E-state index >= 15 is 0 Å². The van der Waals surface area contributed by atoms with E-state index < -0.39 is 16.1 Å². The number of hydrogen-bond donors (Lipinski definition) is 3. The highest BCUT2D eigenvalue weighted by Crippen LogP contribution is 2.14. The Morgan fingerprint density at radius 3 is 2.17 bits per heavy atom. The van der Waals surface area contributed by atoms with Crippen molar-refractivity contribution in [3.63, 3.8) is 0 Å². The van der Waals surface area contributed by atoms with E-state index in [9.17, 15) is 13.2 Å². The van der Waals surface area contributed by atoms with Gasteiger partial charge in [0.1, 0.15) is 12.6 Å². The largest absolute Gasteiger partial charge is 0.351 e. The average molecular weight is 433 g/mol. The van der Waals surface area contributed by atoms with Crippen LogP contribution < -0.4 is 14.9 Å². The summed E-state index contributed by atoms with van der Waals surface area (Å²) >= 11 is 0. The minimum absolute atomic E-state index is 0.158. The highest BCUT2D eigenvalue weighted by molar-refractivity contribution is 7.89. The average Bonchev–Trinajstić information content (AvgIpc) is 2.66. The van der Waals surface area contributed by atoms with Gasteiger partial charge in [-0.15, -0.1) is 0 Å². The molecular formula is C23H34N3O3S+. The molecule has 6 nitrogen and oxygen atoms in total. The second kappa shape index (κ2) is 10.7. The molecule has 2 rings (SSSR count). The van der Waals surface area contributed by atoms with Crippen molar-refractivity contribution in [2.45, 2.75) is 51.2 Å². The summed E-state index contributed by atoms with van der Waals surface area (Å²) in [6.07, 6.45) is 0.417. The normalized spacial score (nSPS) is 12.9. The lowest BCUT2D eigenvalue weighted by molar-refractivity contribution is -0.872. The highest BCUT2D eigenvalue weighted by Gasteiger charge is 2.26. The maximum Gasteiger partial charge on any atom is 0.241 e. The predicted octanol–water partition coefficient (Wildman–Crippen LogP) is 1.65. The molecule has 30 heavy (non-hydrogen) atoms. The molecular weight excluding hydrogens is 398 g/mol. The Kier molecular flexibility index (Phi) is 8.58. The maximum absolute atomic E-state index is 12.9. The monoisotopic (exact) mass is 432 g/mol. The van der Waals surface area contributed by atoms with E-state index in [-0.39, 0.29) is 16.7 Å². The fourth-order valence-electron chi connectivity index (χ4n) is 3.24. The van der Waals surface area contributed by atoms with Crippen molar-refractivity contribution < 1.29 is 18.1 Å². The number of carbonyl (C=O) groups excluding carboxylic acids is 1. The van der Waals surface area contributed by atoms with Gasteiger partial charge in [0.05, 0.1) is 19.0 Å². The molecule has 3 N–H and O–H groups in total. The smallest absolute Gasteiger partial charge is 0.241 e. The zero-order valence-corrected chi connectivity index (χ0v) is 19.3. The number of amides is 1. The third-order valence-corrected chi connectivity index (χ3v) is 6.26. The molecule has 0 aliphatic heterocycles. The molecule has 1 amide bonds. The second-order valence-electron chi connectivity index (χ2n) is 8.49. The van der Waals surface area contributed by atoms with Gasteiger partial charge in [0, 0.05) is 12.1 Å². The molecule has 0 heterocycles. The van der Waals surface area contributed by atoms with Crippen molar-refractivity contribution in [1.82, 2.24) is 10.0 Å². The number of rotatable bonds is 10. The van der Waals surface area contributed by atoms with Crippen molar-refractivity contribution in [1.29, 1.82) is 0 Å². The van der Waals surface area contributed by atoms with Gasteiger partial charge < -0.3 is 10.2 Å². The first-order valence-corrected chi connectivity index (χ1v) is 11.8. The van der Waals surface area contributed by atoms with Crippen LogP contribution in [0.3, 0.4) is 0 Å². The fraction of sp³-hybridized carbons (Fsp3) is 0.435. The van der Waals surface area contributed by atoms with Crippen LogP contribution in [-0.2, 0) is 27.9 Å². The number of benzene rings is 2. The van der Waals surface area contributed by atoms with Crippen molar-refractivity contribution >= 4 is 15.9 Å². The molecule has 2 aromatic carbocycles. The van der Waals surface area contributed by atoms with Crippen LogP contribution in [-0.4, -0.2) is 34.5 Å². The lowest BCUT2D eigenvalue weighted by Crippen LogP contribution is -3.04. The van der Waals surface area contributed by atoms with Crippen LogP contribution in [0.5, 0.6) is 0 Å². The Morgan fingerprint density at radius 1 is 1.00 bits per heavy atom. The van der Waals surface area contributed by atoms with Crippen LogP contribution in [0.4, 0.5) is 0 Å². The number of hydrogen-bond acceptors (Lipinski definition) is 3. The summed E-state index contributed by atoms with van der Waals surface area (Å²) in [5.41, 5.74) is 3.18. The molecule has 2 aromatic rings. The fourth-order valence-corrected chi connectivity index (χ4v) is 4.45. The molecule has 0 bridgehead atoms. The molecule has 0 aliphatic carbocycles. The van der Waals surface area contributed by atoms with E-state index in [2.05, 4.69) is 30.2 Å². The Bertz CT molecular complexity index is 938. The van der Waals surface area contributed by atoms with Crippen LogP contribution in [0.2, 0.25) is 0 Å². The van der Waals surface area contributed by atoms with Crippen molar-refractivity contribution in [3.8, 4) is 0 Å². The van der Waals surface area contributed by atoms with Gasteiger partial charge in [-0.25, -0.2) is 8.42 Å². The molecule has 0 saturated heterocycles. The third-order valence-electron chi connectivity index (χ3n) is 4.77. The first-order chi connectivity index (χ1) is 14.1. The van der Waals surface area contributed by atoms with Gasteiger partial charge in [0.25, 0.3) is 0 Å². The van der Waals surface area contributed by atoms with Gasteiger partial charge in [-0.05, 0) is 37.0 Å². The first-order valence-electron chi connectivity index (χ1n) is 10.3. The summed E-state index contributed by atoms with van der Waals surface area (Å²) in [5, 5.41) is 2.93. The van der Waals surface area contributed by atoms with Gasteiger partial charge in [0.2, 0.25) is 15.9 Å². The SMILES string of the molecule is Cc1ccc(S(=O)(=O)N[C@H](CC(C)C)C(=O)NCc2ccccc2C[NH+](C)C)cc1. The van der Waals surface area contributed by atoms with E-state index in [4.69, 9.17) is 0 Å². The van der Waals surface area contributed by atoms with Gasteiger partial charge in [-0.2, -0.15) is 4.72 Å². The van der Waals surface area contributed by atoms with Crippen LogP contribution in [0, 0.1) is 12.8 Å². The van der Waals surface area contributed by atoms with Gasteiger partial charge in [-0.1, -0.05) is 55.8 Å². The lowest BCUT2D eigenvalue weighted by atomic mass is 10.0. The minimum atomic E-state index is -3.79. The molecule has 0 radical (unpaired) electrons. The summed E-state index contributed by atoms with van der Waals surface area (Å²) in [6, 6.07) is 13.8. The molecule has 164 valence electrons. The first kappa shape index (κ1) is 24.1. The predicted molar refractivity (Wildman–Crippen MR) is 120 cm³/mol. The molecule has 0 aliphatic rings. The Balaban J connectivity index is 2.13. The summed E-state index contributed by atoms with van der Waals surface area (Å²) in [7, 11) is 0.366. The minimum Gasteiger partial charge on any atom is -0.351 e. The standard InChI is InChI=1S/C23H33N3O3S/c1-17(2)14-22(25-30(28,29)21-12-10-18(3)11-13-21)23(27)24-15-19-8-6-7-9-20(19)16-26(4)5/h6-13,17,22,25H,14-16H2,1-5H3,(H,24,27)/p+1/t22-/m1/s1. The number of nitrogens with one attached hydrogen (secondary N) is 3. The van der Waals surface area contributed by atoms with Crippen molar-refractivity contribution in [2.75, 3.05) is 14.1 Å². The third kappa shape index (κ3) is 7.23. The highest BCUT2D eigenvalue weighted by atomic mass is 32.2. The van der Waals surface area contributed by atoms with E-state index in [1.807, 2.05) is 39.0 Å². The quantitative estimate of drug-likeness (QED) is 0.534. The molecule has 0 spiro atoms. The Morgan fingerprint density at radius 2 is 1.60 bits per heavy atom. The topological polar surface area (TPSA) is 79.7 Å². The molecule has 0 saturated carbocycles. The number of sulfonamides is 1. The number of quaternary nitrogens is 1. The molecule has 0 aromatic heterocycles.